The van der Waals surface area contributed by atoms with E-state index in [0.29, 0.717) is 0 Å². The number of hydrogen-bond donors (Lipinski definition) is 1. The fraction of sp³-hybridized carbons (Fsp3) is 0.250. The number of methoxy groups -OCH3 is 1. The van der Waals surface area contributed by atoms with Crippen LogP contribution < -0.4 is 5.73 Å². The minimum atomic E-state index is 0. The Labute approximate surface area is 54.1 Å². The van der Waals surface area contributed by atoms with Crippen LogP contribution in [0.15, 0.2) is 12.0 Å². The quantitative estimate of drug-likeness (QED) is 0.417. The summed E-state index contributed by atoms with van der Waals surface area (Å²) in [6, 6.07) is 1.71. The van der Waals surface area contributed by atoms with E-state index in [1.165, 1.54) is 7.11 Å². The monoisotopic (exact) mass is 134 g/mol. The third kappa shape index (κ3) is 5.12. The highest BCUT2D eigenvalue weighted by molar-refractivity contribution is 5.85. The first kappa shape index (κ1) is 10.2. The largest absolute Gasteiger partial charge is 0.482 e. The molecule has 2 N–H and O–H groups in total. The summed E-state index contributed by atoms with van der Waals surface area (Å²) in [7, 11) is 1.41. The van der Waals surface area contributed by atoms with Crippen LogP contribution in [0.25, 0.3) is 0 Å². The summed E-state index contributed by atoms with van der Waals surface area (Å²) in [5, 5.41) is 7.88. The van der Waals surface area contributed by atoms with Gasteiger partial charge in [0.2, 0.25) is 0 Å². The summed E-state index contributed by atoms with van der Waals surface area (Å²) >= 11 is 0. The third-order valence-electron chi connectivity index (χ3n) is 0.443. The van der Waals surface area contributed by atoms with Crippen molar-refractivity contribution in [2.45, 2.75) is 0 Å². The van der Waals surface area contributed by atoms with Gasteiger partial charge in [0.15, 0.2) is 5.88 Å². The van der Waals surface area contributed by atoms with Gasteiger partial charge in [-0.2, -0.15) is 5.26 Å². The molecule has 0 heterocycles. The molecule has 0 aliphatic rings. The maximum absolute atomic E-state index is 7.88. The molecule has 8 heavy (non-hydrogen) atoms. The van der Waals surface area contributed by atoms with Crippen LogP contribution in [0.3, 0.4) is 0 Å². The Morgan fingerprint density at radius 3 is 2.50 bits per heavy atom. The van der Waals surface area contributed by atoms with Gasteiger partial charge in [0.1, 0.15) is 0 Å². The molecule has 0 unspecified atom stereocenters. The second kappa shape index (κ2) is 6.12. The topological polar surface area (TPSA) is 59.0 Å². The standard InChI is InChI=1S/C4H6N2O.ClH/c1-7-4(6)2-3-5;/h2H,6H2,1H3;1H. The van der Waals surface area contributed by atoms with Crippen molar-refractivity contribution in [3.63, 3.8) is 0 Å². The van der Waals surface area contributed by atoms with Crippen molar-refractivity contribution >= 4 is 12.4 Å². The molecule has 3 nitrogen and oxygen atoms in total. The Hall–Kier alpha value is -0.880. The van der Waals surface area contributed by atoms with Crippen LogP contribution in [0.2, 0.25) is 0 Å². The number of hydrogen-bond acceptors (Lipinski definition) is 3. The van der Waals surface area contributed by atoms with E-state index < -0.39 is 0 Å². The molecular weight excluding hydrogens is 128 g/mol. The lowest BCUT2D eigenvalue weighted by Gasteiger charge is -1.90. The maximum Gasteiger partial charge on any atom is 0.194 e. The van der Waals surface area contributed by atoms with Gasteiger partial charge < -0.3 is 10.5 Å². The molecule has 0 aromatic heterocycles. The van der Waals surface area contributed by atoms with Gasteiger partial charge in [-0.15, -0.1) is 12.4 Å². The molecule has 0 saturated carbocycles. The van der Waals surface area contributed by atoms with Crippen molar-refractivity contribution in [2.75, 3.05) is 7.11 Å². The normalized spacial score (nSPS) is 8.75. The minimum Gasteiger partial charge on any atom is -0.482 e. The number of nitrogens with zero attached hydrogens (tertiary/aromatic N) is 1. The molecular formula is C4H7ClN2O. The van der Waals surface area contributed by atoms with E-state index >= 15 is 0 Å². The minimum absolute atomic E-state index is 0. The predicted molar refractivity (Wildman–Crippen MR) is 32.1 cm³/mol. The fourth-order valence-electron chi connectivity index (χ4n) is 0.123. The molecule has 0 aliphatic heterocycles. The summed E-state index contributed by atoms with van der Waals surface area (Å²) in [5.74, 6) is 0.141. The number of allylic oxidation sites excluding steroid dienone is 1. The van der Waals surface area contributed by atoms with Gasteiger partial charge in [0, 0.05) is 0 Å². The van der Waals surface area contributed by atoms with Gasteiger partial charge in [0.25, 0.3) is 0 Å². The van der Waals surface area contributed by atoms with Crippen molar-refractivity contribution in [3.05, 3.63) is 12.0 Å². The Bertz CT molecular complexity index is 116. The average molecular weight is 135 g/mol. The fourth-order valence-corrected chi connectivity index (χ4v) is 0.123. The van der Waals surface area contributed by atoms with E-state index in [1.807, 2.05) is 0 Å². The molecule has 0 radical (unpaired) electrons. The highest BCUT2D eigenvalue weighted by Crippen LogP contribution is 1.77. The highest BCUT2D eigenvalue weighted by Gasteiger charge is 1.76. The van der Waals surface area contributed by atoms with E-state index in [1.54, 1.807) is 6.07 Å². The zero-order chi connectivity index (χ0) is 5.70. The van der Waals surface area contributed by atoms with Gasteiger partial charge in [0.05, 0.1) is 19.3 Å². The van der Waals surface area contributed by atoms with Gasteiger partial charge in [-0.1, -0.05) is 0 Å². The van der Waals surface area contributed by atoms with Crippen molar-refractivity contribution in [2.24, 2.45) is 5.73 Å². The average Bonchev–Trinajstić information content (AvgIpc) is 1.68. The lowest BCUT2D eigenvalue weighted by atomic mass is 10.6. The van der Waals surface area contributed by atoms with Crippen LogP contribution in [0.4, 0.5) is 0 Å². The zero-order valence-corrected chi connectivity index (χ0v) is 5.23. The lowest BCUT2D eigenvalue weighted by Crippen LogP contribution is -1.97. The first-order chi connectivity index (χ1) is 3.31. The highest BCUT2D eigenvalue weighted by atomic mass is 35.5. The summed E-state index contributed by atoms with van der Waals surface area (Å²) in [6.45, 7) is 0. The summed E-state index contributed by atoms with van der Waals surface area (Å²) in [5.41, 5.74) is 5.00. The van der Waals surface area contributed by atoms with Gasteiger partial charge in [-0.05, 0) is 0 Å². The van der Waals surface area contributed by atoms with Crippen LogP contribution in [0, 0.1) is 11.3 Å². The molecule has 0 amide bonds. The van der Waals surface area contributed by atoms with Crippen LogP contribution >= 0.6 is 12.4 Å². The summed E-state index contributed by atoms with van der Waals surface area (Å²) < 4.78 is 4.41. The Morgan fingerprint density at radius 2 is 2.38 bits per heavy atom. The molecule has 0 bridgehead atoms. The molecule has 4 heteroatoms. The van der Waals surface area contributed by atoms with E-state index in [2.05, 4.69) is 4.74 Å². The van der Waals surface area contributed by atoms with Gasteiger partial charge in [-0.3, -0.25) is 0 Å². The smallest absolute Gasteiger partial charge is 0.194 e. The molecule has 0 aromatic carbocycles. The molecule has 0 fully saturated rings. The van der Waals surface area contributed by atoms with Crippen molar-refractivity contribution in [3.8, 4) is 6.07 Å². The van der Waals surface area contributed by atoms with E-state index in [-0.39, 0.29) is 18.3 Å². The second-order valence-corrected chi connectivity index (χ2v) is 0.880. The van der Waals surface area contributed by atoms with Crippen molar-refractivity contribution in [1.82, 2.24) is 0 Å². The summed E-state index contributed by atoms with van der Waals surface area (Å²) in [4.78, 5) is 0. The Balaban J connectivity index is 0. The van der Waals surface area contributed by atoms with Crippen molar-refractivity contribution < 1.29 is 4.74 Å². The molecule has 0 atom stereocenters. The zero-order valence-electron chi connectivity index (χ0n) is 4.42. The van der Waals surface area contributed by atoms with Crippen LogP contribution in [-0.4, -0.2) is 7.11 Å². The molecule has 0 rings (SSSR count). The molecule has 46 valence electrons. The first-order valence-corrected chi connectivity index (χ1v) is 1.70. The Morgan fingerprint density at radius 1 is 1.88 bits per heavy atom. The van der Waals surface area contributed by atoms with Gasteiger partial charge >= 0.3 is 0 Å². The van der Waals surface area contributed by atoms with Crippen LogP contribution in [-0.2, 0) is 4.74 Å². The SMILES string of the molecule is COC(N)=CC#N.Cl. The van der Waals surface area contributed by atoms with E-state index in [4.69, 9.17) is 11.0 Å². The summed E-state index contributed by atoms with van der Waals surface area (Å²) in [6.07, 6.45) is 1.12. The number of ether oxygens (including phenoxy) is 1. The molecule has 0 spiro atoms. The van der Waals surface area contributed by atoms with Crippen LogP contribution in [0.1, 0.15) is 0 Å². The van der Waals surface area contributed by atoms with Crippen molar-refractivity contribution in [1.29, 1.82) is 5.26 Å². The molecule has 0 aromatic rings. The number of nitriles is 1. The number of nitrogens with two attached hydrogens (primary N) is 1. The first-order valence-electron chi connectivity index (χ1n) is 1.70. The molecule has 0 aliphatic carbocycles. The predicted octanol–water partition coefficient (Wildman–Crippen LogP) is 0.378. The number of rotatable bonds is 1. The lowest BCUT2D eigenvalue weighted by molar-refractivity contribution is 0.288. The maximum atomic E-state index is 7.88. The number of halogens is 1. The van der Waals surface area contributed by atoms with Crippen LogP contribution in [0.5, 0.6) is 0 Å². The Kier molecular flexibility index (Phi) is 7.78. The second-order valence-electron chi connectivity index (χ2n) is 0.880. The van der Waals surface area contributed by atoms with E-state index in [0.717, 1.165) is 6.08 Å². The van der Waals surface area contributed by atoms with E-state index in [9.17, 15) is 0 Å². The van der Waals surface area contributed by atoms with Gasteiger partial charge in [-0.25, -0.2) is 0 Å². The third-order valence-corrected chi connectivity index (χ3v) is 0.443. The molecule has 0 saturated heterocycles.